The lowest BCUT2D eigenvalue weighted by Gasteiger charge is -2.13. The number of hydrogen-bond donors (Lipinski definition) is 0. The molecule has 0 fully saturated rings. The zero-order valence-corrected chi connectivity index (χ0v) is 24.3. The van der Waals surface area contributed by atoms with Gasteiger partial charge in [-0.3, -0.25) is 0 Å². The van der Waals surface area contributed by atoms with Gasteiger partial charge in [0, 0.05) is 9.79 Å². The molecule has 6 rings (SSSR count). The predicted molar refractivity (Wildman–Crippen MR) is 171 cm³/mol. The van der Waals surface area contributed by atoms with Gasteiger partial charge in [-0.1, -0.05) is 84.9 Å². The number of benzene rings is 6. The Bertz CT molecular complexity index is 1690. The summed E-state index contributed by atoms with van der Waals surface area (Å²) in [4.78, 5) is 1.64. The summed E-state index contributed by atoms with van der Waals surface area (Å²) in [6, 6.07) is 47.8. The molecule has 0 aromatic heterocycles. The first-order valence-corrected chi connectivity index (χ1v) is 15.0. The van der Waals surface area contributed by atoms with Gasteiger partial charge in [0.15, 0.2) is 0 Å². The van der Waals surface area contributed by atoms with E-state index < -0.39 is 10.8 Å². The summed E-state index contributed by atoms with van der Waals surface area (Å²) in [6.45, 7) is 4.04. The van der Waals surface area contributed by atoms with Gasteiger partial charge in [-0.2, -0.15) is 0 Å². The molecule has 0 unspecified atom stereocenters. The largest absolute Gasteiger partial charge is 0.457 e. The molecule has 206 valence electrons. The fourth-order valence-corrected chi connectivity index (χ4v) is 6.20. The Morgan fingerprint density at radius 3 is 1.10 bits per heavy atom. The van der Waals surface area contributed by atoms with E-state index in [2.05, 4.69) is 12.1 Å². The van der Waals surface area contributed by atoms with Crippen LogP contribution >= 0.6 is 0 Å². The SMILES string of the molecule is Cc1cc(-c2ccc(Oc3ccccc3)cc2)ccc1S(=O)c1ccc(-c2ccc(Oc3ccccc3)cc2)cc1C. The van der Waals surface area contributed by atoms with Crippen LogP contribution in [0.1, 0.15) is 11.1 Å². The van der Waals surface area contributed by atoms with E-state index in [0.717, 1.165) is 66.2 Å². The van der Waals surface area contributed by atoms with Crippen molar-refractivity contribution in [2.75, 3.05) is 0 Å². The maximum absolute atomic E-state index is 13.7. The Balaban J connectivity index is 1.16. The van der Waals surface area contributed by atoms with Crippen LogP contribution in [0.3, 0.4) is 0 Å². The first-order chi connectivity index (χ1) is 20.5. The summed E-state index contributed by atoms with van der Waals surface area (Å²) in [5.41, 5.74) is 6.30. The zero-order valence-electron chi connectivity index (χ0n) is 23.5. The van der Waals surface area contributed by atoms with Crippen molar-refractivity contribution in [3.05, 3.63) is 157 Å². The van der Waals surface area contributed by atoms with E-state index in [9.17, 15) is 4.21 Å². The average Bonchev–Trinajstić information content (AvgIpc) is 3.02. The standard InChI is InChI=1S/C38H30O3S/c1-27-25-31(29-13-19-35(20-14-29)40-33-9-5-3-6-10-33)17-23-37(27)42(39)38-24-18-32(26-28(38)2)30-15-21-36(22-16-30)41-34-11-7-4-8-12-34/h3-26H,1-2H3. The molecule has 0 bridgehead atoms. The van der Waals surface area contributed by atoms with E-state index in [1.54, 1.807) is 0 Å². The van der Waals surface area contributed by atoms with Gasteiger partial charge in [0.1, 0.15) is 23.0 Å². The maximum Gasteiger partial charge on any atom is 0.127 e. The molecule has 42 heavy (non-hydrogen) atoms. The van der Waals surface area contributed by atoms with Gasteiger partial charge in [-0.05, 0) is 108 Å². The third-order valence-electron chi connectivity index (χ3n) is 7.08. The second-order valence-corrected chi connectivity index (χ2v) is 11.5. The van der Waals surface area contributed by atoms with Crippen LogP contribution in [-0.4, -0.2) is 4.21 Å². The Morgan fingerprint density at radius 1 is 0.405 bits per heavy atom. The molecule has 6 aromatic carbocycles. The third kappa shape index (κ3) is 6.19. The van der Waals surface area contributed by atoms with Crippen LogP contribution in [-0.2, 0) is 10.8 Å². The van der Waals surface area contributed by atoms with E-state index in [0.29, 0.717) is 0 Å². The Hall–Kier alpha value is -4.93. The van der Waals surface area contributed by atoms with Gasteiger partial charge < -0.3 is 9.47 Å². The molecular formula is C38H30O3S. The Morgan fingerprint density at radius 2 is 0.738 bits per heavy atom. The summed E-state index contributed by atoms with van der Waals surface area (Å²) < 4.78 is 25.5. The van der Waals surface area contributed by atoms with Crippen LogP contribution in [0.5, 0.6) is 23.0 Å². The summed E-state index contributed by atoms with van der Waals surface area (Å²) in [6.07, 6.45) is 0. The van der Waals surface area contributed by atoms with Crippen molar-refractivity contribution in [2.24, 2.45) is 0 Å². The topological polar surface area (TPSA) is 35.5 Å². The van der Waals surface area contributed by atoms with Crippen LogP contribution < -0.4 is 9.47 Å². The normalized spacial score (nSPS) is 10.9. The highest BCUT2D eigenvalue weighted by Gasteiger charge is 2.15. The second-order valence-electron chi connectivity index (χ2n) is 10.1. The van der Waals surface area contributed by atoms with Crippen molar-refractivity contribution in [3.63, 3.8) is 0 Å². The van der Waals surface area contributed by atoms with Gasteiger partial charge in [0.25, 0.3) is 0 Å². The fourth-order valence-electron chi connectivity index (χ4n) is 4.87. The summed E-state index contributed by atoms with van der Waals surface area (Å²) in [5.74, 6) is 3.19. The predicted octanol–water partition coefficient (Wildman–Crippen LogP) is 10.4. The van der Waals surface area contributed by atoms with Crippen LogP contribution in [0, 0.1) is 13.8 Å². The molecule has 0 saturated carbocycles. The zero-order chi connectivity index (χ0) is 28.9. The smallest absolute Gasteiger partial charge is 0.127 e. The highest BCUT2D eigenvalue weighted by Crippen LogP contribution is 2.32. The monoisotopic (exact) mass is 566 g/mol. The highest BCUT2D eigenvalue weighted by atomic mass is 32.2. The van der Waals surface area contributed by atoms with Gasteiger partial charge >= 0.3 is 0 Å². The molecule has 0 spiro atoms. The summed E-state index contributed by atoms with van der Waals surface area (Å²) in [7, 11) is -1.29. The lowest BCUT2D eigenvalue weighted by Crippen LogP contribution is -1.99. The highest BCUT2D eigenvalue weighted by molar-refractivity contribution is 7.85. The van der Waals surface area contributed by atoms with Crippen LogP contribution in [0.25, 0.3) is 22.3 Å². The minimum absolute atomic E-state index is 0.787. The van der Waals surface area contributed by atoms with E-state index in [4.69, 9.17) is 9.47 Å². The van der Waals surface area contributed by atoms with Crippen molar-refractivity contribution in [1.82, 2.24) is 0 Å². The number of para-hydroxylation sites is 2. The van der Waals surface area contributed by atoms with Crippen molar-refractivity contribution < 1.29 is 13.7 Å². The minimum atomic E-state index is -1.29. The van der Waals surface area contributed by atoms with Crippen LogP contribution in [0.4, 0.5) is 0 Å². The molecule has 0 heterocycles. The molecule has 3 nitrogen and oxygen atoms in total. The van der Waals surface area contributed by atoms with Gasteiger partial charge in [0.05, 0.1) is 10.8 Å². The first kappa shape index (κ1) is 27.3. The molecule has 0 atom stereocenters. The summed E-state index contributed by atoms with van der Waals surface area (Å²) in [5, 5.41) is 0. The lowest BCUT2D eigenvalue weighted by atomic mass is 10.0. The van der Waals surface area contributed by atoms with Crippen molar-refractivity contribution in [3.8, 4) is 45.3 Å². The van der Waals surface area contributed by atoms with Gasteiger partial charge in [-0.25, -0.2) is 4.21 Å². The second kappa shape index (κ2) is 12.3. The number of hydrogen-bond acceptors (Lipinski definition) is 3. The Labute approximate surface area is 249 Å². The van der Waals surface area contributed by atoms with Gasteiger partial charge in [0.2, 0.25) is 0 Å². The van der Waals surface area contributed by atoms with Crippen LogP contribution in [0.15, 0.2) is 155 Å². The molecule has 0 aliphatic heterocycles. The molecular weight excluding hydrogens is 536 g/mol. The quantitative estimate of drug-likeness (QED) is 0.184. The molecule has 0 amide bonds. The van der Waals surface area contributed by atoms with Crippen molar-refractivity contribution in [2.45, 2.75) is 23.6 Å². The van der Waals surface area contributed by atoms with E-state index in [1.807, 2.05) is 147 Å². The minimum Gasteiger partial charge on any atom is -0.457 e. The molecule has 6 aromatic rings. The first-order valence-electron chi connectivity index (χ1n) is 13.8. The number of rotatable bonds is 8. The maximum atomic E-state index is 13.7. The van der Waals surface area contributed by atoms with Crippen molar-refractivity contribution >= 4 is 10.8 Å². The third-order valence-corrected chi connectivity index (χ3v) is 8.80. The van der Waals surface area contributed by atoms with E-state index in [1.165, 1.54) is 0 Å². The summed E-state index contributed by atoms with van der Waals surface area (Å²) >= 11 is 0. The molecule has 0 N–H and O–H groups in total. The average molecular weight is 567 g/mol. The van der Waals surface area contributed by atoms with E-state index >= 15 is 0 Å². The van der Waals surface area contributed by atoms with Gasteiger partial charge in [-0.15, -0.1) is 0 Å². The Kier molecular flexibility index (Phi) is 7.98. The number of ether oxygens (including phenoxy) is 2. The molecule has 4 heteroatoms. The fraction of sp³-hybridized carbons (Fsp3) is 0.0526. The molecule has 0 saturated heterocycles. The molecule has 0 aliphatic rings. The lowest BCUT2D eigenvalue weighted by molar-refractivity contribution is 0.482. The molecule has 0 radical (unpaired) electrons. The molecule has 0 aliphatic carbocycles. The number of aryl methyl sites for hydroxylation is 2. The van der Waals surface area contributed by atoms with E-state index in [-0.39, 0.29) is 0 Å². The van der Waals surface area contributed by atoms with Crippen LogP contribution in [0.2, 0.25) is 0 Å². The van der Waals surface area contributed by atoms with Crippen molar-refractivity contribution in [1.29, 1.82) is 0 Å².